The van der Waals surface area contributed by atoms with Gasteiger partial charge in [0, 0.05) is 29.4 Å². The number of anilines is 2. The Kier molecular flexibility index (Phi) is 9.31. The number of aryl methyl sites for hydroxylation is 1. The van der Waals surface area contributed by atoms with Gasteiger partial charge in [0.1, 0.15) is 5.75 Å². The molecule has 1 saturated carbocycles. The third-order valence-corrected chi connectivity index (χ3v) is 7.56. The van der Waals surface area contributed by atoms with E-state index in [1.165, 1.54) is 24.8 Å². The van der Waals surface area contributed by atoms with Crippen LogP contribution in [0.4, 0.5) is 11.4 Å². The summed E-state index contributed by atoms with van der Waals surface area (Å²) < 4.78 is 5.49. The second-order valence-corrected chi connectivity index (χ2v) is 10.9. The number of nitrogens with zero attached hydrogens (tertiary/aromatic N) is 1. The van der Waals surface area contributed by atoms with Crippen LogP contribution in [0.1, 0.15) is 76.8 Å². The van der Waals surface area contributed by atoms with Gasteiger partial charge >= 0.3 is 0 Å². The van der Waals surface area contributed by atoms with E-state index in [0.29, 0.717) is 29.1 Å². The SMILES string of the molecule is NCCCCCCCc1ccc(NC(=O)c2ccc(CN(C(=O)c3ccc4c(c3)OCC(=O)N4)C3CC3)cc2)cc1. The molecule has 0 saturated heterocycles. The van der Waals surface area contributed by atoms with Crippen molar-refractivity contribution in [3.8, 4) is 5.75 Å². The zero-order chi connectivity index (χ0) is 28.6. The molecule has 0 bridgehead atoms. The zero-order valence-corrected chi connectivity index (χ0v) is 23.4. The van der Waals surface area contributed by atoms with Gasteiger partial charge in [-0.2, -0.15) is 0 Å². The van der Waals surface area contributed by atoms with E-state index in [1.54, 1.807) is 30.3 Å². The Hall–Kier alpha value is -4.17. The highest BCUT2D eigenvalue weighted by atomic mass is 16.5. The maximum atomic E-state index is 13.4. The molecule has 2 aliphatic rings. The van der Waals surface area contributed by atoms with Gasteiger partial charge in [0.15, 0.2) is 6.61 Å². The van der Waals surface area contributed by atoms with E-state index in [9.17, 15) is 14.4 Å². The summed E-state index contributed by atoms with van der Waals surface area (Å²) in [7, 11) is 0. The molecule has 3 aromatic rings. The van der Waals surface area contributed by atoms with Gasteiger partial charge in [0.2, 0.25) is 0 Å². The van der Waals surface area contributed by atoms with Crippen molar-refractivity contribution in [2.24, 2.45) is 5.73 Å². The summed E-state index contributed by atoms with van der Waals surface area (Å²) in [5.41, 5.74) is 10.2. The van der Waals surface area contributed by atoms with Crippen molar-refractivity contribution in [2.75, 3.05) is 23.8 Å². The Morgan fingerprint density at radius 2 is 1.56 bits per heavy atom. The second-order valence-electron chi connectivity index (χ2n) is 10.9. The fraction of sp³-hybridized carbons (Fsp3) is 0.364. The molecular weight excluding hydrogens is 516 g/mol. The number of carbonyl (C=O) groups is 3. The number of hydrogen-bond donors (Lipinski definition) is 3. The minimum atomic E-state index is -0.206. The molecule has 8 nitrogen and oxygen atoms in total. The summed E-state index contributed by atoms with van der Waals surface area (Å²) in [6, 6.07) is 20.8. The number of amides is 3. The Labute approximate surface area is 241 Å². The van der Waals surface area contributed by atoms with Crippen LogP contribution >= 0.6 is 0 Å². The molecule has 1 fully saturated rings. The van der Waals surface area contributed by atoms with E-state index in [1.807, 2.05) is 29.2 Å². The van der Waals surface area contributed by atoms with Crippen LogP contribution in [0.15, 0.2) is 66.7 Å². The summed E-state index contributed by atoms with van der Waals surface area (Å²) in [5, 5.41) is 5.73. The molecule has 41 heavy (non-hydrogen) atoms. The Balaban J connectivity index is 1.14. The largest absolute Gasteiger partial charge is 0.482 e. The van der Waals surface area contributed by atoms with Gasteiger partial charge in [-0.15, -0.1) is 0 Å². The van der Waals surface area contributed by atoms with Crippen LogP contribution in [0, 0.1) is 0 Å². The van der Waals surface area contributed by atoms with E-state index < -0.39 is 0 Å². The molecule has 1 aliphatic heterocycles. The number of rotatable bonds is 13. The van der Waals surface area contributed by atoms with Gasteiger partial charge in [-0.25, -0.2) is 0 Å². The molecule has 0 radical (unpaired) electrons. The maximum absolute atomic E-state index is 13.4. The fourth-order valence-electron chi connectivity index (χ4n) is 5.05. The van der Waals surface area contributed by atoms with Crippen molar-refractivity contribution in [3.05, 3.63) is 89.0 Å². The average Bonchev–Trinajstić information content (AvgIpc) is 3.84. The molecule has 8 heteroatoms. The van der Waals surface area contributed by atoms with Crippen LogP contribution in [0.2, 0.25) is 0 Å². The molecule has 4 N–H and O–H groups in total. The van der Waals surface area contributed by atoms with E-state index in [4.69, 9.17) is 10.5 Å². The molecule has 3 amide bonds. The number of unbranched alkanes of at least 4 members (excludes halogenated alkanes) is 4. The van der Waals surface area contributed by atoms with Crippen molar-refractivity contribution in [3.63, 3.8) is 0 Å². The predicted octanol–water partition coefficient (Wildman–Crippen LogP) is 5.53. The van der Waals surface area contributed by atoms with Crippen molar-refractivity contribution >= 4 is 29.1 Å². The lowest BCUT2D eigenvalue weighted by molar-refractivity contribution is -0.118. The molecular formula is C33H38N4O4. The molecule has 1 heterocycles. The lowest BCUT2D eigenvalue weighted by Crippen LogP contribution is -2.33. The van der Waals surface area contributed by atoms with Crippen LogP contribution in [0.25, 0.3) is 0 Å². The lowest BCUT2D eigenvalue weighted by atomic mass is 10.0. The van der Waals surface area contributed by atoms with E-state index >= 15 is 0 Å². The van der Waals surface area contributed by atoms with Gasteiger partial charge in [0.05, 0.1) is 5.69 Å². The predicted molar refractivity (Wildman–Crippen MR) is 160 cm³/mol. The minimum Gasteiger partial charge on any atom is -0.482 e. The first-order valence-electron chi connectivity index (χ1n) is 14.6. The smallest absolute Gasteiger partial charge is 0.262 e. The normalized spacial score (nSPS) is 14.0. The highest BCUT2D eigenvalue weighted by Crippen LogP contribution is 2.33. The van der Waals surface area contributed by atoms with Gasteiger partial charge in [0.25, 0.3) is 17.7 Å². The van der Waals surface area contributed by atoms with Gasteiger partial charge < -0.3 is 26.0 Å². The van der Waals surface area contributed by atoms with Gasteiger partial charge in [-0.3, -0.25) is 14.4 Å². The number of carbonyl (C=O) groups excluding carboxylic acids is 3. The first kappa shape index (κ1) is 28.4. The molecule has 1 aliphatic carbocycles. The Bertz CT molecular complexity index is 1370. The second kappa shape index (κ2) is 13.5. The number of benzene rings is 3. The minimum absolute atomic E-state index is 0.0571. The van der Waals surface area contributed by atoms with Gasteiger partial charge in [-0.1, -0.05) is 43.5 Å². The number of ether oxygens (including phenoxy) is 1. The van der Waals surface area contributed by atoms with Crippen LogP contribution in [0.3, 0.4) is 0 Å². The number of nitrogens with one attached hydrogen (secondary N) is 2. The maximum Gasteiger partial charge on any atom is 0.262 e. The van der Waals surface area contributed by atoms with Crippen molar-refractivity contribution in [2.45, 2.75) is 64.0 Å². The summed E-state index contributed by atoms with van der Waals surface area (Å²) in [5.74, 6) is 0.0560. The van der Waals surface area contributed by atoms with E-state index in [-0.39, 0.29) is 30.4 Å². The molecule has 0 atom stereocenters. The number of hydrogen-bond acceptors (Lipinski definition) is 5. The molecule has 5 rings (SSSR count). The average molecular weight is 555 g/mol. The van der Waals surface area contributed by atoms with Crippen molar-refractivity contribution < 1.29 is 19.1 Å². The monoisotopic (exact) mass is 554 g/mol. The van der Waals surface area contributed by atoms with E-state index in [0.717, 1.165) is 49.9 Å². The highest BCUT2D eigenvalue weighted by Gasteiger charge is 2.33. The van der Waals surface area contributed by atoms with Crippen LogP contribution in [-0.2, 0) is 17.8 Å². The Morgan fingerprint density at radius 3 is 2.29 bits per heavy atom. The molecule has 0 unspecified atom stereocenters. The van der Waals surface area contributed by atoms with Crippen LogP contribution in [0.5, 0.6) is 5.75 Å². The summed E-state index contributed by atoms with van der Waals surface area (Å²) in [6.07, 6.45) is 8.88. The molecule has 0 aromatic heterocycles. The van der Waals surface area contributed by atoms with Gasteiger partial charge in [-0.05, 0) is 92.2 Å². The third-order valence-electron chi connectivity index (χ3n) is 7.56. The molecule has 0 spiro atoms. The number of fused-ring (bicyclic) bond motifs is 1. The Morgan fingerprint density at radius 1 is 0.878 bits per heavy atom. The first-order chi connectivity index (χ1) is 20.0. The van der Waals surface area contributed by atoms with Crippen molar-refractivity contribution in [1.82, 2.24) is 4.90 Å². The topological polar surface area (TPSA) is 114 Å². The first-order valence-corrected chi connectivity index (χ1v) is 14.6. The zero-order valence-electron chi connectivity index (χ0n) is 23.4. The third kappa shape index (κ3) is 7.73. The summed E-state index contributed by atoms with van der Waals surface area (Å²) in [4.78, 5) is 39.7. The molecule has 3 aromatic carbocycles. The number of nitrogens with two attached hydrogens (primary N) is 1. The van der Waals surface area contributed by atoms with Crippen LogP contribution in [-0.4, -0.2) is 41.8 Å². The molecule has 214 valence electrons. The van der Waals surface area contributed by atoms with E-state index in [2.05, 4.69) is 22.8 Å². The quantitative estimate of drug-likeness (QED) is 0.241. The fourth-order valence-corrected chi connectivity index (χ4v) is 5.05. The summed E-state index contributed by atoms with van der Waals surface area (Å²) in [6.45, 7) is 1.17. The summed E-state index contributed by atoms with van der Waals surface area (Å²) >= 11 is 0. The lowest BCUT2D eigenvalue weighted by Gasteiger charge is -2.24. The highest BCUT2D eigenvalue weighted by molar-refractivity contribution is 6.04. The standard InChI is InChI=1S/C33H38N4O4/c34-19-5-3-1-2-4-6-23-9-14-27(15-10-23)35-32(39)25-11-7-24(8-12-25)21-37(28-16-17-28)33(40)26-13-18-29-30(20-26)41-22-31(38)36-29/h7-15,18,20,28H,1-6,16-17,19,21-22,34H2,(H,35,39)(H,36,38). The van der Waals surface area contributed by atoms with Crippen molar-refractivity contribution in [1.29, 1.82) is 0 Å². The van der Waals surface area contributed by atoms with Crippen LogP contribution < -0.4 is 21.1 Å².